The summed E-state index contributed by atoms with van der Waals surface area (Å²) in [4.78, 5) is 2.72. The minimum Gasteiger partial charge on any atom is -0.300 e. The molecule has 0 amide bonds. The molecule has 1 nitrogen and oxygen atoms in total. The lowest BCUT2D eigenvalue weighted by molar-refractivity contribution is 0.0674. The van der Waals surface area contributed by atoms with Gasteiger partial charge in [-0.25, -0.2) is 0 Å². The van der Waals surface area contributed by atoms with Gasteiger partial charge in [-0.3, -0.25) is 0 Å². The van der Waals surface area contributed by atoms with Crippen LogP contribution in [0.2, 0.25) is 0 Å². The van der Waals surface area contributed by atoms with E-state index in [4.69, 9.17) is 0 Å². The Balaban J connectivity index is 1.99. The van der Waals surface area contributed by atoms with Crippen molar-refractivity contribution in [3.05, 3.63) is 0 Å². The number of hydrogen-bond donors (Lipinski definition) is 0. The van der Waals surface area contributed by atoms with Crippen molar-refractivity contribution in [2.75, 3.05) is 13.1 Å². The second-order valence-corrected chi connectivity index (χ2v) is 4.22. The van der Waals surface area contributed by atoms with Crippen LogP contribution in [0.4, 0.5) is 0 Å². The zero-order valence-electron chi connectivity index (χ0n) is 7.55. The minimum absolute atomic E-state index is 0.956. The number of fused-ring (bicyclic) bond motifs is 1. The molecule has 0 N–H and O–H groups in total. The Labute approximate surface area is 69.8 Å². The molecule has 2 aliphatic heterocycles. The van der Waals surface area contributed by atoms with Gasteiger partial charge in [0.15, 0.2) is 0 Å². The summed E-state index contributed by atoms with van der Waals surface area (Å²) >= 11 is 0. The first-order chi connectivity index (χ1) is 5.38. The van der Waals surface area contributed by atoms with Gasteiger partial charge in [0.2, 0.25) is 0 Å². The highest BCUT2D eigenvalue weighted by atomic mass is 15.2. The third-order valence-corrected chi connectivity index (χ3v) is 3.43. The molecule has 1 heteroatoms. The Morgan fingerprint density at radius 3 is 2.64 bits per heavy atom. The summed E-state index contributed by atoms with van der Waals surface area (Å²) in [5, 5.41) is 0. The van der Waals surface area contributed by atoms with Crippen LogP contribution in [-0.2, 0) is 0 Å². The Morgan fingerprint density at radius 2 is 1.82 bits per heavy atom. The topological polar surface area (TPSA) is 3.24 Å². The fourth-order valence-corrected chi connectivity index (χ4v) is 2.75. The van der Waals surface area contributed by atoms with E-state index < -0.39 is 0 Å². The molecular formula is C10H19N. The monoisotopic (exact) mass is 153 g/mol. The molecule has 0 bridgehead atoms. The summed E-state index contributed by atoms with van der Waals surface area (Å²) in [6.45, 7) is 5.20. The van der Waals surface area contributed by atoms with E-state index in [1.165, 1.54) is 45.2 Å². The highest BCUT2D eigenvalue weighted by Gasteiger charge is 2.29. The first-order valence-corrected chi connectivity index (χ1v) is 5.12. The zero-order chi connectivity index (χ0) is 7.68. The fourth-order valence-electron chi connectivity index (χ4n) is 2.75. The molecule has 2 heterocycles. The quantitative estimate of drug-likeness (QED) is 0.516. The van der Waals surface area contributed by atoms with E-state index in [0.29, 0.717) is 0 Å². The third kappa shape index (κ3) is 1.44. The molecule has 2 rings (SSSR count). The van der Waals surface area contributed by atoms with Crippen molar-refractivity contribution in [3.8, 4) is 0 Å². The zero-order valence-corrected chi connectivity index (χ0v) is 7.55. The lowest BCUT2D eigenvalue weighted by atomic mass is 9.85. The highest BCUT2D eigenvalue weighted by Crippen LogP contribution is 2.29. The standard InChI is InChI=1S/C10H19N/c1-9-5-4-8-11-7-3-2-6-10(9)11/h9-10H,2-8H2,1H3/t9-,10-/m0/s1. The Bertz CT molecular complexity index is 131. The molecule has 2 aliphatic rings. The fraction of sp³-hybridized carbons (Fsp3) is 1.00. The molecule has 2 saturated heterocycles. The van der Waals surface area contributed by atoms with Crippen LogP contribution in [0, 0.1) is 5.92 Å². The average Bonchev–Trinajstić information content (AvgIpc) is 2.06. The van der Waals surface area contributed by atoms with Crippen LogP contribution in [0.25, 0.3) is 0 Å². The summed E-state index contributed by atoms with van der Waals surface area (Å²) in [6, 6.07) is 0.956. The molecule has 0 aromatic rings. The minimum atomic E-state index is 0.956. The van der Waals surface area contributed by atoms with Crippen LogP contribution in [0.5, 0.6) is 0 Å². The molecule has 0 unspecified atom stereocenters. The van der Waals surface area contributed by atoms with Crippen molar-refractivity contribution in [2.45, 2.75) is 45.1 Å². The molecule has 0 saturated carbocycles. The van der Waals surface area contributed by atoms with Gasteiger partial charge in [-0.15, -0.1) is 0 Å². The van der Waals surface area contributed by atoms with Crippen LogP contribution in [-0.4, -0.2) is 24.0 Å². The van der Waals surface area contributed by atoms with Crippen LogP contribution >= 0.6 is 0 Å². The summed E-state index contributed by atoms with van der Waals surface area (Å²) in [7, 11) is 0. The maximum Gasteiger partial charge on any atom is 0.0121 e. The van der Waals surface area contributed by atoms with Crippen molar-refractivity contribution < 1.29 is 0 Å². The van der Waals surface area contributed by atoms with Gasteiger partial charge in [-0.05, 0) is 44.7 Å². The van der Waals surface area contributed by atoms with Gasteiger partial charge >= 0.3 is 0 Å². The van der Waals surface area contributed by atoms with Crippen molar-refractivity contribution in [1.82, 2.24) is 4.90 Å². The lowest BCUT2D eigenvalue weighted by Gasteiger charge is -2.43. The largest absolute Gasteiger partial charge is 0.300 e. The van der Waals surface area contributed by atoms with E-state index in [-0.39, 0.29) is 0 Å². The Kier molecular flexibility index (Phi) is 2.17. The number of hydrogen-bond acceptors (Lipinski definition) is 1. The van der Waals surface area contributed by atoms with Crippen LogP contribution in [0.1, 0.15) is 39.0 Å². The normalized spacial score (nSPS) is 40.1. The molecular weight excluding hydrogens is 134 g/mol. The SMILES string of the molecule is C[C@H]1CCCN2CCCC[C@@H]12. The average molecular weight is 153 g/mol. The van der Waals surface area contributed by atoms with Crippen molar-refractivity contribution in [1.29, 1.82) is 0 Å². The van der Waals surface area contributed by atoms with E-state index in [1.807, 2.05) is 0 Å². The number of piperidine rings is 2. The summed E-state index contributed by atoms with van der Waals surface area (Å²) in [6.07, 6.45) is 7.31. The van der Waals surface area contributed by atoms with Gasteiger partial charge in [0.1, 0.15) is 0 Å². The number of rotatable bonds is 0. The van der Waals surface area contributed by atoms with Crippen molar-refractivity contribution in [3.63, 3.8) is 0 Å². The maximum absolute atomic E-state index is 2.72. The Hall–Kier alpha value is -0.0400. The molecule has 0 aliphatic carbocycles. The van der Waals surface area contributed by atoms with Crippen molar-refractivity contribution in [2.24, 2.45) is 5.92 Å². The van der Waals surface area contributed by atoms with Gasteiger partial charge in [-0.1, -0.05) is 13.3 Å². The van der Waals surface area contributed by atoms with Gasteiger partial charge < -0.3 is 4.90 Å². The molecule has 2 atom stereocenters. The van der Waals surface area contributed by atoms with Crippen LogP contribution < -0.4 is 0 Å². The van der Waals surface area contributed by atoms with Gasteiger partial charge in [0, 0.05) is 6.04 Å². The molecule has 64 valence electrons. The van der Waals surface area contributed by atoms with Gasteiger partial charge in [-0.2, -0.15) is 0 Å². The van der Waals surface area contributed by atoms with E-state index >= 15 is 0 Å². The van der Waals surface area contributed by atoms with E-state index in [0.717, 1.165) is 12.0 Å². The summed E-state index contributed by atoms with van der Waals surface area (Å²) in [5.74, 6) is 0.976. The highest BCUT2D eigenvalue weighted by molar-refractivity contribution is 4.84. The number of nitrogens with zero attached hydrogens (tertiary/aromatic N) is 1. The lowest BCUT2D eigenvalue weighted by Crippen LogP contribution is -2.46. The molecule has 0 aromatic heterocycles. The summed E-state index contributed by atoms with van der Waals surface area (Å²) < 4.78 is 0. The van der Waals surface area contributed by atoms with Gasteiger partial charge in [0.05, 0.1) is 0 Å². The third-order valence-electron chi connectivity index (χ3n) is 3.43. The predicted octanol–water partition coefficient (Wildman–Crippen LogP) is 2.27. The first kappa shape index (κ1) is 7.60. The molecule has 11 heavy (non-hydrogen) atoms. The molecule has 0 aromatic carbocycles. The first-order valence-electron chi connectivity index (χ1n) is 5.12. The van der Waals surface area contributed by atoms with E-state index in [2.05, 4.69) is 11.8 Å². The second-order valence-electron chi connectivity index (χ2n) is 4.22. The van der Waals surface area contributed by atoms with Crippen molar-refractivity contribution >= 4 is 0 Å². The van der Waals surface area contributed by atoms with Crippen LogP contribution in [0.15, 0.2) is 0 Å². The second kappa shape index (κ2) is 3.14. The molecule has 0 radical (unpaired) electrons. The van der Waals surface area contributed by atoms with Crippen LogP contribution in [0.3, 0.4) is 0 Å². The van der Waals surface area contributed by atoms with E-state index in [1.54, 1.807) is 0 Å². The van der Waals surface area contributed by atoms with Gasteiger partial charge in [0.25, 0.3) is 0 Å². The molecule has 2 fully saturated rings. The predicted molar refractivity (Wildman–Crippen MR) is 47.6 cm³/mol. The molecule has 0 spiro atoms. The Morgan fingerprint density at radius 1 is 1.00 bits per heavy atom. The smallest absolute Gasteiger partial charge is 0.0121 e. The summed E-state index contributed by atoms with van der Waals surface area (Å²) in [5.41, 5.74) is 0. The maximum atomic E-state index is 2.72. The van der Waals surface area contributed by atoms with E-state index in [9.17, 15) is 0 Å².